The van der Waals surface area contributed by atoms with Gasteiger partial charge < -0.3 is 15.0 Å². The van der Waals surface area contributed by atoms with Gasteiger partial charge in [0.05, 0.1) is 16.7 Å². The van der Waals surface area contributed by atoms with E-state index < -0.39 is 16.4 Å². The van der Waals surface area contributed by atoms with E-state index in [1.54, 1.807) is 11.5 Å². The Hall–Kier alpha value is -1.89. The molecule has 0 aliphatic rings. The highest BCUT2D eigenvalue weighted by molar-refractivity contribution is 5.93. The summed E-state index contributed by atoms with van der Waals surface area (Å²) in [6, 6.07) is 1.18. The standard InChI is InChI=1S/C14H23N3O4/c1-5-6-14(4,19)9-15-13(18)12-7-11(17(20)21)8-16(12)10(2)3/h7-8,10,19H,5-6,9H2,1-4H3,(H,15,18). The van der Waals surface area contributed by atoms with Gasteiger partial charge in [-0.1, -0.05) is 13.3 Å². The Labute approximate surface area is 124 Å². The molecule has 0 saturated heterocycles. The van der Waals surface area contributed by atoms with E-state index >= 15 is 0 Å². The van der Waals surface area contributed by atoms with Crippen LogP contribution in [0.2, 0.25) is 0 Å². The molecule has 1 aromatic rings. The smallest absolute Gasteiger partial charge is 0.287 e. The molecular formula is C14H23N3O4. The molecule has 1 amide bonds. The maximum absolute atomic E-state index is 12.2. The van der Waals surface area contributed by atoms with Gasteiger partial charge in [0.2, 0.25) is 0 Å². The maximum Gasteiger partial charge on any atom is 0.287 e. The number of aromatic nitrogens is 1. The molecule has 0 aromatic carbocycles. The molecule has 1 unspecified atom stereocenters. The van der Waals surface area contributed by atoms with Crippen LogP contribution in [0.1, 0.15) is 57.1 Å². The van der Waals surface area contributed by atoms with Crippen molar-refractivity contribution in [3.63, 3.8) is 0 Å². The van der Waals surface area contributed by atoms with Gasteiger partial charge in [-0.2, -0.15) is 0 Å². The lowest BCUT2D eigenvalue weighted by Gasteiger charge is -2.23. The maximum atomic E-state index is 12.2. The Balaban J connectivity index is 2.89. The summed E-state index contributed by atoms with van der Waals surface area (Å²) in [7, 11) is 0. The van der Waals surface area contributed by atoms with Crippen LogP contribution in [0.4, 0.5) is 5.69 Å². The van der Waals surface area contributed by atoms with Gasteiger partial charge in [0.15, 0.2) is 0 Å². The number of hydrogen-bond donors (Lipinski definition) is 2. The molecule has 118 valence electrons. The van der Waals surface area contributed by atoms with Gasteiger partial charge in [-0.15, -0.1) is 0 Å². The number of hydrogen-bond acceptors (Lipinski definition) is 4. The summed E-state index contributed by atoms with van der Waals surface area (Å²) in [5.41, 5.74) is -0.871. The van der Waals surface area contributed by atoms with E-state index in [0.29, 0.717) is 6.42 Å². The lowest BCUT2D eigenvalue weighted by molar-refractivity contribution is -0.384. The Bertz CT molecular complexity index is 520. The van der Waals surface area contributed by atoms with Gasteiger partial charge in [-0.05, 0) is 27.2 Å². The Kier molecular flexibility index (Phi) is 5.48. The second-order valence-corrected chi connectivity index (χ2v) is 5.77. The first kappa shape index (κ1) is 17.2. The summed E-state index contributed by atoms with van der Waals surface area (Å²) >= 11 is 0. The number of nitrogens with one attached hydrogen (secondary N) is 1. The molecule has 0 bridgehead atoms. The van der Waals surface area contributed by atoms with Crippen molar-refractivity contribution in [1.82, 2.24) is 9.88 Å². The topological polar surface area (TPSA) is 97.4 Å². The van der Waals surface area contributed by atoms with Crippen molar-refractivity contribution in [2.45, 2.75) is 52.2 Å². The number of rotatable bonds is 7. The second kappa shape index (κ2) is 6.71. The summed E-state index contributed by atoms with van der Waals surface area (Å²) in [6.45, 7) is 7.39. The number of carbonyl (C=O) groups is 1. The molecule has 0 fully saturated rings. The highest BCUT2D eigenvalue weighted by atomic mass is 16.6. The van der Waals surface area contributed by atoms with Crippen molar-refractivity contribution in [2.75, 3.05) is 6.54 Å². The van der Waals surface area contributed by atoms with Crippen LogP contribution < -0.4 is 5.32 Å². The van der Waals surface area contributed by atoms with Crippen molar-refractivity contribution in [1.29, 1.82) is 0 Å². The molecule has 0 aliphatic carbocycles. The third-order valence-electron chi connectivity index (χ3n) is 3.25. The van der Waals surface area contributed by atoms with E-state index in [1.807, 2.05) is 20.8 Å². The number of carbonyl (C=O) groups excluding carboxylic acids is 1. The minimum atomic E-state index is -0.981. The van der Waals surface area contributed by atoms with Gasteiger partial charge in [0.1, 0.15) is 5.69 Å². The van der Waals surface area contributed by atoms with Crippen molar-refractivity contribution in [2.24, 2.45) is 0 Å². The summed E-state index contributed by atoms with van der Waals surface area (Å²) < 4.78 is 1.56. The van der Waals surface area contributed by atoms with E-state index in [0.717, 1.165) is 6.42 Å². The normalized spacial score (nSPS) is 14.0. The Morgan fingerprint density at radius 1 is 1.57 bits per heavy atom. The lowest BCUT2D eigenvalue weighted by atomic mass is 10.0. The molecule has 7 heteroatoms. The SMILES string of the molecule is CCCC(C)(O)CNC(=O)c1cc([N+](=O)[O-])cn1C(C)C. The summed E-state index contributed by atoms with van der Waals surface area (Å²) in [4.78, 5) is 22.5. The minimum Gasteiger partial charge on any atom is -0.388 e. The van der Waals surface area contributed by atoms with Gasteiger partial charge in [0.25, 0.3) is 11.6 Å². The monoisotopic (exact) mass is 297 g/mol. The van der Waals surface area contributed by atoms with E-state index in [1.165, 1.54) is 12.3 Å². The number of nitrogens with zero attached hydrogens (tertiary/aromatic N) is 2. The number of amides is 1. The molecule has 1 rings (SSSR count). The first-order chi connectivity index (χ1) is 9.68. The molecule has 0 spiro atoms. The van der Waals surface area contributed by atoms with E-state index in [2.05, 4.69) is 5.32 Å². The molecule has 1 aromatic heterocycles. The molecule has 1 heterocycles. The van der Waals surface area contributed by atoms with Crippen LogP contribution in [0.3, 0.4) is 0 Å². The third kappa shape index (κ3) is 4.56. The van der Waals surface area contributed by atoms with Crippen LogP contribution in [0.15, 0.2) is 12.3 Å². The average Bonchev–Trinajstić information content (AvgIpc) is 2.81. The Morgan fingerprint density at radius 3 is 2.67 bits per heavy atom. The van der Waals surface area contributed by atoms with Crippen LogP contribution in [0.5, 0.6) is 0 Å². The fourth-order valence-electron chi connectivity index (χ4n) is 2.16. The first-order valence-corrected chi connectivity index (χ1v) is 7.04. The third-order valence-corrected chi connectivity index (χ3v) is 3.25. The quantitative estimate of drug-likeness (QED) is 0.596. The van der Waals surface area contributed by atoms with Crippen LogP contribution >= 0.6 is 0 Å². The summed E-state index contributed by atoms with van der Waals surface area (Å²) in [6.07, 6.45) is 2.72. The predicted molar refractivity (Wildman–Crippen MR) is 79.3 cm³/mol. The van der Waals surface area contributed by atoms with Gasteiger partial charge >= 0.3 is 0 Å². The molecule has 7 nitrogen and oxygen atoms in total. The van der Waals surface area contributed by atoms with Crippen molar-refractivity contribution in [3.05, 3.63) is 28.1 Å². The van der Waals surface area contributed by atoms with Gasteiger partial charge in [0, 0.05) is 18.7 Å². The molecule has 21 heavy (non-hydrogen) atoms. The first-order valence-electron chi connectivity index (χ1n) is 7.04. The zero-order valence-electron chi connectivity index (χ0n) is 12.9. The highest BCUT2D eigenvalue weighted by Gasteiger charge is 2.24. The van der Waals surface area contributed by atoms with Crippen LogP contribution in [0, 0.1) is 10.1 Å². The van der Waals surface area contributed by atoms with E-state index in [4.69, 9.17) is 0 Å². The number of nitro groups is 1. The molecule has 0 saturated carbocycles. The van der Waals surface area contributed by atoms with E-state index in [-0.39, 0.29) is 24.0 Å². The predicted octanol–water partition coefficient (Wildman–Crippen LogP) is 2.26. The molecule has 0 aliphatic heterocycles. The second-order valence-electron chi connectivity index (χ2n) is 5.77. The highest BCUT2D eigenvalue weighted by Crippen LogP contribution is 2.21. The minimum absolute atomic E-state index is 0.0735. The van der Waals surface area contributed by atoms with Crippen LogP contribution in [-0.4, -0.2) is 32.6 Å². The van der Waals surface area contributed by atoms with Crippen LogP contribution in [0.25, 0.3) is 0 Å². The van der Waals surface area contributed by atoms with Crippen molar-refractivity contribution >= 4 is 11.6 Å². The lowest BCUT2D eigenvalue weighted by Crippen LogP contribution is -2.41. The molecule has 0 radical (unpaired) electrons. The Morgan fingerprint density at radius 2 is 2.19 bits per heavy atom. The van der Waals surface area contributed by atoms with Crippen molar-refractivity contribution < 1.29 is 14.8 Å². The summed E-state index contributed by atoms with van der Waals surface area (Å²) in [5.74, 6) is -0.423. The average molecular weight is 297 g/mol. The zero-order chi connectivity index (χ0) is 16.2. The van der Waals surface area contributed by atoms with Crippen LogP contribution in [-0.2, 0) is 0 Å². The van der Waals surface area contributed by atoms with Crippen molar-refractivity contribution in [3.8, 4) is 0 Å². The molecule has 1 atom stereocenters. The molecule has 2 N–H and O–H groups in total. The van der Waals surface area contributed by atoms with E-state index in [9.17, 15) is 20.0 Å². The summed E-state index contributed by atoms with van der Waals surface area (Å²) in [5, 5.41) is 23.5. The zero-order valence-corrected chi connectivity index (χ0v) is 12.9. The molecular weight excluding hydrogens is 274 g/mol. The van der Waals surface area contributed by atoms with Gasteiger partial charge in [-0.25, -0.2) is 0 Å². The van der Waals surface area contributed by atoms with Gasteiger partial charge in [-0.3, -0.25) is 14.9 Å². The largest absolute Gasteiger partial charge is 0.388 e. The fraction of sp³-hybridized carbons (Fsp3) is 0.643. The number of aliphatic hydroxyl groups is 1. The fourth-order valence-corrected chi connectivity index (χ4v) is 2.16.